The molecule has 1 aromatic heterocycles. The van der Waals surface area contributed by atoms with Crippen molar-refractivity contribution in [1.82, 2.24) is 9.97 Å². The van der Waals surface area contributed by atoms with Gasteiger partial charge >= 0.3 is 0 Å². The lowest BCUT2D eigenvalue weighted by Gasteiger charge is -2.14. The molecule has 2 N–H and O–H groups in total. The summed E-state index contributed by atoms with van der Waals surface area (Å²) in [6.45, 7) is 1.61. The maximum absolute atomic E-state index is 5.69. The molecule has 1 fully saturated rings. The fourth-order valence-corrected chi connectivity index (χ4v) is 3.01. The number of benzene rings is 2. The highest BCUT2D eigenvalue weighted by molar-refractivity contribution is 5.65. The van der Waals surface area contributed by atoms with Gasteiger partial charge in [-0.15, -0.1) is 0 Å². The van der Waals surface area contributed by atoms with Crippen LogP contribution in [0.5, 0.6) is 0 Å². The zero-order valence-electron chi connectivity index (χ0n) is 14.6. The summed E-state index contributed by atoms with van der Waals surface area (Å²) in [6, 6.07) is 22.0. The van der Waals surface area contributed by atoms with Gasteiger partial charge < -0.3 is 15.4 Å². The first kappa shape index (κ1) is 16.5. The van der Waals surface area contributed by atoms with Crippen molar-refractivity contribution < 1.29 is 4.74 Å². The van der Waals surface area contributed by atoms with Crippen molar-refractivity contribution >= 4 is 17.3 Å². The number of ether oxygens (including phenoxy) is 1. The molecule has 5 heteroatoms. The Bertz CT molecular complexity index is 833. The van der Waals surface area contributed by atoms with Crippen LogP contribution in [-0.2, 0) is 4.74 Å². The van der Waals surface area contributed by atoms with Crippen molar-refractivity contribution in [3.63, 3.8) is 0 Å². The lowest BCUT2D eigenvalue weighted by atomic mass is 10.2. The van der Waals surface area contributed by atoms with E-state index < -0.39 is 0 Å². The molecule has 0 bridgehead atoms. The summed E-state index contributed by atoms with van der Waals surface area (Å²) in [5.74, 6) is 2.26. The zero-order chi connectivity index (χ0) is 17.6. The normalized spacial score (nSPS) is 16.4. The smallest absolute Gasteiger partial charge is 0.163 e. The van der Waals surface area contributed by atoms with Gasteiger partial charge in [-0.1, -0.05) is 48.5 Å². The van der Waals surface area contributed by atoms with Gasteiger partial charge in [0.1, 0.15) is 11.6 Å². The molecule has 4 rings (SSSR count). The van der Waals surface area contributed by atoms with Crippen LogP contribution in [0.25, 0.3) is 11.4 Å². The molecule has 2 aromatic carbocycles. The van der Waals surface area contributed by atoms with Crippen molar-refractivity contribution in [2.24, 2.45) is 0 Å². The maximum Gasteiger partial charge on any atom is 0.163 e. The molecule has 26 heavy (non-hydrogen) atoms. The minimum atomic E-state index is 0.260. The van der Waals surface area contributed by atoms with Crippen LogP contribution in [0, 0.1) is 0 Å². The lowest BCUT2D eigenvalue weighted by Crippen LogP contribution is -2.19. The fraction of sp³-hybridized carbons (Fsp3) is 0.238. The van der Waals surface area contributed by atoms with Gasteiger partial charge in [-0.2, -0.15) is 0 Å². The summed E-state index contributed by atoms with van der Waals surface area (Å²) in [7, 11) is 0. The molecule has 1 unspecified atom stereocenters. The van der Waals surface area contributed by atoms with E-state index in [0.29, 0.717) is 5.82 Å². The number of hydrogen-bond donors (Lipinski definition) is 2. The van der Waals surface area contributed by atoms with Gasteiger partial charge in [-0.3, -0.25) is 0 Å². The molecule has 1 saturated heterocycles. The molecule has 0 radical (unpaired) electrons. The van der Waals surface area contributed by atoms with E-state index in [1.54, 1.807) is 0 Å². The first-order chi connectivity index (χ1) is 12.9. The van der Waals surface area contributed by atoms with Crippen molar-refractivity contribution in [2.45, 2.75) is 18.9 Å². The Morgan fingerprint density at radius 2 is 1.65 bits per heavy atom. The Kier molecular flexibility index (Phi) is 5.07. The van der Waals surface area contributed by atoms with Crippen molar-refractivity contribution in [3.05, 3.63) is 66.7 Å². The van der Waals surface area contributed by atoms with Crippen LogP contribution >= 0.6 is 0 Å². The third-order valence-corrected chi connectivity index (χ3v) is 4.34. The minimum absolute atomic E-state index is 0.260. The summed E-state index contributed by atoms with van der Waals surface area (Å²) < 4.78 is 5.69. The van der Waals surface area contributed by atoms with E-state index in [1.165, 1.54) is 0 Å². The van der Waals surface area contributed by atoms with Crippen LogP contribution in [-0.4, -0.2) is 29.2 Å². The topological polar surface area (TPSA) is 59.1 Å². The van der Waals surface area contributed by atoms with E-state index in [-0.39, 0.29) is 6.10 Å². The first-order valence-electron chi connectivity index (χ1n) is 8.99. The Labute approximate surface area is 153 Å². The van der Waals surface area contributed by atoms with Gasteiger partial charge in [0.2, 0.25) is 0 Å². The number of para-hydroxylation sites is 1. The van der Waals surface area contributed by atoms with Gasteiger partial charge in [0.25, 0.3) is 0 Å². The van der Waals surface area contributed by atoms with E-state index >= 15 is 0 Å². The molecule has 2 heterocycles. The van der Waals surface area contributed by atoms with Crippen LogP contribution < -0.4 is 10.6 Å². The summed E-state index contributed by atoms with van der Waals surface area (Å²) in [5.41, 5.74) is 1.99. The van der Waals surface area contributed by atoms with Crippen LogP contribution in [0.2, 0.25) is 0 Å². The summed E-state index contributed by atoms with van der Waals surface area (Å²) in [4.78, 5) is 9.37. The average Bonchev–Trinajstić information content (AvgIpc) is 3.21. The van der Waals surface area contributed by atoms with Crippen molar-refractivity contribution in [3.8, 4) is 11.4 Å². The number of aromatic nitrogens is 2. The van der Waals surface area contributed by atoms with Gasteiger partial charge in [-0.25, -0.2) is 9.97 Å². The number of nitrogens with zero attached hydrogens (tertiary/aromatic N) is 2. The SMILES string of the molecule is c1ccc(Nc2cc(NCC3CCCO3)nc(-c3ccccc3)n2)cc1. The largest absolute Gasteiger partial charge is 0.376 e. The van der Waals surface area contributed by atoms with Crippen LogP contribution in [0.15, 0.2) is 66.7 Å². The highest BCUT2D eigenvalue weighted by Gasteiger charge is 2.15. The molecule has 1 aliphatic rings. The maximum atomic E-state index is 5.69. The number of anilines is 3. The van der Waals surface area contributed by atoms with Gasteiger partial charge in [0, 0.05) is 30.5 Å². The predicted molar refractivity (Wildman–Crippen MR) is 105 cm³/mol. The molecule has 132 valence electrons. The zero-order valence-corrected chi connectivity index (χ0v) is 14.6. The average molecular weight is 346 g/mol. The molecular weight excluding hydrogens is 324 g/mol. The van der Waals surface area contributed by atoms with E-state index in [9.17, 15) is 0 Å². The summed E-state index contributed by atoms with van der Waals surface area (Å²) >= 11 is 0. The molecule has 0 aliphatic carbocycles. The second kappa shape index (κ2) is 7.97. The Morgan fingerprint density at radius 3 is 2.38 bits per heavy atom. The molecule has 0 spiro atoms. The highest BCUT2D eigenvalue weighted by Crippen LogP contribution is 2.23. The van der Waals surface area contributed by atoms with Gasteiger partial charge in [0.15, 0.2) is 5.82 Å². The van der Waals surface area contributed by atoms with Gasteiger partial charge in [-0.05, 0) is 25.0 Å². The number of rotatable bonds is 6. The number of hydrogen-bond acceptors (Lipinski definition) is 5. The molecule has 1 atom stereocenters. The third kappa shape index (κ3) is 4.18. The quantitative estimate of drug-likeness (QED) is 0.689. The van der Waals surface area contributed by atoms with Crippen molar-refractivity contribution in [1.29, 1.82) is 0 Å². The van der Waals surface area contributed by atoms with E-state index in [4.69, 9.17) is 4.74 Å². The first-order valence-corrected chi connectivity index (χ1v) is 8.99. The molecular formula is C21H22N4O. The number of nitrogens with one attached hydrogen (secondary N) is 2. The van der Waals surface area contributed by atoms with Crippen molar-refractivity contribution in [2.75, 3.05) is 23.8 Å². The Hall–Kier alpha value is -2.92. The lowest BCUT2D eigenvalue weighted by molar-refractivity contribution is 0.120. The highest BCUT2D eigenvalue weighted by atomic mass is 16.5. The molecule has 1 aliphatic heterocycles. The third-order valence-electron chi connectivity index (χ3n) is 4.34. The minimum Gasteiger partial charge on any atom is -0.376 e. The summed E-state index contributed by atoms with van der Waals surface area (Å²) in [6.07, 6.45) is 2.49. The van der Waals surface area contributed by atoms with E-state index in [0.717, 1.165) is 48.9 Å². The van der Waals surface area contributed by atoms with Crippen LogP contribution in [0.3, 0.4) is 0 Å². The van der Waals surface area contributed by atoms with E-state index in [2.05, 4.69) is 20.6 Å². The fourth-order valence-electron chi connectivity index (χ4n) is 3.01. The standard InChI is InChI=1S/C21H22N4O/c1-3-8-16(9-4-1)21-24-19(22-15-18-12-7-13-26-18)14-20(25-21)23-17-10-5-2-6-11-17/h1-6,8-11,14,18H,7,12-13,15H2,(H2,22,23,24,25). The molecule has 3 aromatic rings. The molecule has 0 amide bonds. The second-order valence-corrected chi connectivity index (χ2v) is 6.34. The predicted octanol–water partition coefficient (Wildman–Crippen LogP) is 4.48. The Balaban J connectivity index is 1.60. The van der Waals surface area contributed by atoms with Gasteiger partial charge in [0.05, 0.1) is 6.10 Å². The molecule has 5 nitrogen and oxygen atoms in total. The second-order valence-electron chi connectivity index (χ2n) is 6.34. The van der Waals surface area contributed by atoms with Crippen LogP contribution in [0.4, 0.5) is 17.3 Å². The summed E-state index contributed by atoms with van der Waals surface area (Å²) in [5, 5.41) is 6.77. The molecule has 0 saturated carbocycles. The van der Waals surface area contributed by atoms with Crippen LogP contribution in [0.1, 0.15) is 12.8 Å². The Morgan fingerprint density at radius 1 is 0.923 bits per heavy atom. The monoisotopic (exact) mass is 346 g/mol. The van der Waals surface area contributed by atoms with E-state index in [1.807, 2.05) is 66.7 Å².